The molecular formula is C14H16N4O3. The van der Waals surface area contributed by atoms with Crippen LogP contribution in [0.2, 0.25) is 0 Å². The van der Waals surface area contributed by atoms with Gasteiger partial charge in [0.1, 0.15) is 18.7 Å². The lowest BCUT2D eigenvalue weighted by Gasteiger charge is -2.23. The van der Waals surface area contributed by atoms with Crippen LogP contribution in [-0.4, -0.2) is 40.8 Å². The van der Waals surface area contributed by atoms with Crippen molar-refractivity contribution in [3.05, 3.63) is 42.5 Å². The fourth-order valence-electron chi connectivity index (χ4n) is 1.98. The van der Waals surface area contributed by atoms with Crippen molar-refractivity contribution < 1.29 is 14.3 Å². The third kappa shape index (κ3) is 2.91. The minimum absolute atomic E-state index is 0.211. The van der Waals surface area contributed by atoms with E-state index in [1.165, 1.54) is 29.3 Å². The minimum Gasteiger partial charge on any atom is -0.465 e. The molecule has 0 saturated heterocycles. The van der Waals surface area contributed by atoms with Crippen molar-refractivity contribution in [1.29, 1.82) is 0 Å². The van der Waals surface area contributed by atoms with Gasteiger partial charge in [-0.15, -0.1) is 0 Å². The van der Waals surface area contributed by atoms with Crippen LogP contribution in [0, 0.1) is 0 Å². The SMILES string of the molecule is COC(=O)c1ccccc1N(C)C(=O)C(C)n1cncn1. The van der Waals surface area contributed by atoms with E-state index in [0.717, 1.165) is 0 Å². The second kappa shape index (κ2) is 6.17. The van der Waals surface area contributed by atoms with E-state index in [1.54, 1.807) is 38.2 Å². The van der Waals surface area contributed by atoms with E-state index < -0.39 is 12.0 Å². The van der Waals surface area contributed by atoms with E-state index >= 15 is 0 Å². The number of benzene rings is 1. The van der Waals surface area contributed by atoms with Crippen LogP contribution in [0.25, 0.3) is 0 Å². The zero-order valence-electron chi connectivity index (χ0n) is 12.1. The Morgan fingerprint density at radius 2 is 2.05 bits per heavy atom. The third-order valence-corrected chi connectivity index (χ3v) is 3.19. The minimum atomic E-state index is -0.525. The maximum atomic E-state index is 12.5. The lowest BCUT2D eigenvalue weighted by Crippen LogP contribution is -2.34. The first-order chi connectivity index (χ1) is 10.1. The Bertz CT molecular complexity index is 639. The number of aromatic nitrogens is 3. The molecule has 21 heavy (non-hydrogen) atoms. The molecule has 0 N–H and O–H groups in total. The summed E-state index contributed by atoms with van der Waals surface area (Å²) in [6.07, 6.45) is 2.84. The molecule has 0 aliphatic rings. The van der Waals surface area contributed by atoms with Gasteiger partial charge in [0.05, 0.1) is 18.4 Å². The molecule has 1 atom stereocenters. The first kappa shape index (κ1) is 14.7. The molecular weight excluding hydrogens is 272 g/mol. The Morgan fingerprint density at radius 3 is 2.67 bits per heavy atom. The molecule has 0 aliphatic heterocycles. The van der Waals surface area contributed by atoms with Gasteiger partial charge < -0.3 is 9.64 Å². The standard InChI is InChI=1S/C14H16N4O3/c1-10(18-9-15-8-16-18)13(19)17(2)12-7-5-4-6-11(12)14(20)21-3/h4-10H,1-3H3. The van der Waals surface area contributed by atoms with Gasteiger partial charge in [0, 0.05) is 7.05 Å². The van der Waals surface area contributed by atoms with Crippen LogP contribution in [0.3, 0.4) is 0 Å². The molecule has 110 valence electrons. The zero-order chi connectivity index (χ0) is 15.4. The molecule has 1 aromatic carbocycles. The Morgan fingerprint density at radius 1 is 1.33 bits per heavy atom. The topological polar surface area (TPSA) is 77.3 Å². The zero-order valence-corrected chi connectivity index (χ0v) is 12.1. The summed E-state index contributed by atoms with van der Waals surface area (Å²) in [5.41, 5.74) is 0.822. The number of amides is 1. The number of para-hydroxylation sites is 1. The number of esters is 1. The number of rotatable bonds is 4. The predicted octanol–water partition coefficient (Wildman–Crippen LogP) is 1.29. The number of carbonyl (C=O) groups excluding carboxylic acids is 2. The molecule has 0 fully saturated rings. The van der Waals surface area contributed by atoms with Gasteiger partial charge in [-0.3, -0.25) is 4.79 Å². The van der Waals surface area contributed by atoms with Crippen LogP contribution in [0.5, 0.6) is 0 Å². The van der Waals surface area contributed by atoms with Crippen LogP contribution in [0.4, 0.5) is 5.69 Å². The fraction of sp³-hybridized carbons (Fsp3) is 0.286. The summed E-state index contributed by atoms with van der Waals surface area (Å²) in [6.45, 7) is 1.72. The molecule has 0 saturated carbocycles. The normalized spacial score (nSPS) is 11.8. The molecule has 1 unspecified atom stereocenters. The van der Waals surface area contributed by atoms with Crippen molar-refractivity contribution in [3.63, 3.8) is 0 Å². The third-order valence-electron chi connectivity index (χ3n) is 3.19. The quantitative estimate of drug-likeness (QED) is 0.792. The van der Waals surface area contributed by atoms with Crippen molar-refractivity contribution in [3.8, 4) is 0 Å². The number of likely N-dealkylation sites (N-methyl/N-ethyl adjacent to an activating group) is 1. The summed E-state index contributed by atoms with van der Waals surface area (Å²) < 4.78 is 6.19. The largest absolute Gasteiger partial charge is 0.465 e. The summed E-state index contributed by atoms with van der Waals surface area (Å²) in [5, 5.41) is 3.95. The lowest BCUT2D eigenvalue weighted by molar-refractivity contribution is -0.121. The Kier molecular flexibility index (Phi) is 4.32. The molecule has 2 aromatic rings. The van der Waals surface area contributed by atoms with Crippen molar-refractivity contribution in [1.82, 2.24) is 14.8 Å². The first-order valence-electron chi connectivity index (χ1n) is 6.35. The van der Waals surface area contributed by atoms with Crippen LogP contribution >= 0.6 is 0 Å². The molecule has 1 heterocycles. The van der Waals surface area contributed by atoms with Crippen molar-refractivity contribution >= 4 is 17.6 Å². The highest BCUT2D eigenvalue weighted by Crippen LogP contribution is 2.22. The maximum absolute atomic E-state index is 12.5. The average molecular weight is 288 g/mol. The van der Waals surface area contributed by atoms with Gasteiger partial charge in [-0.2, -0.15) is 5.10 Å². The number of hydrogen-bond donors (Lipinski definition) is 0. The van der Waals surface area contributed by atoms with E-state index in [-0.39, 0.29) is 5.91 Å². The van der Waals surface area contributed by atoms with Crippen LogP contribution < -0.4 is 4.90 Å². The molecule has 0 aliphatic carbocycles. The van der Waals surface area contributed by atoms with Gasteiger partial charge in [-0.05, 0) is 19.1 Å². The number of nitrogens with zero attached hydrogens (tertiary/aromatic N) is 4. The second-order valence-electron chi connectivity index (χ2n) is 4.46. The number of methoxy groups -OCH3 is 1. The average Bonchev–Trinajstić information content (AvgIpc) is 3.06. The highest BCUT2D eigenvalue weighted by Gasteiger charge is 2.24. The summed E-state index contributed by atoms with van der Waals surface area (Å²) in [7, 11) is 2.91. The van der Waals surface area contributed by atoms with Crippen LogP contribution in [-0.2, 0) is 9.53 Å². The fourth-order valence-corrected chi connectivity index (χ4v) is 1.98. The molecule has 0 bridgehead atoms. The molecule has 7 heteroatoms. The molecule has 0 spiro atoms. The summed E-state index contributed by atoms with van der Waals surface area (Å²) in [4.78, 5) is 29.5. The molecule has 1 amide bonds. The second-order valence-corrected chi connectivity index (χ2v) is 4.46. The number of anilines is 1. The summed E-state index contributed by atoms with van der Waals surface area (Å²) in [6, 6.07) is 6.26. The highest BCUT2D eigenvalue weighted by atomic mass is 16.5. The number of carbonyl (C=O) groups is 2. The molecule has 7 nitrogen and oxygen atoms in total. The van der Waals surface area contributed by atoms with Crippen LogP contribution in [0.15, 0.2) is 36.9 Å². The van der Waals surface area contributed by atoms with Crippen molar-refractivity contribution in [2.45, 2.75) is 13.0 Å². The van der Waals surface area contributed by atoms with E-state index in [9.17, 15) is 9.59 Å². The van der Waals surface area contributed by atoms with Gasteiger partial charge in [-0.1, -0.05) is 12.1 Å². The van der Waals surface area contributed by atoms with Crippen molar-refractivity contribution in [2.75, 3.05) is 19.1 Å². The molecule has 0 radical (unpaired) electrons. The van der Waals surface area contributed by atoms with Gasteiger partial charge >= 0.3 is 5.97 Å². The molecule has 1 aromatic heterocycles. The Hall–Kier alpha value is -2.70. The Balaban J connectivity index is 2.30. The van der Waals surface area contributed by atoms with Gasteiger partial charge in [-0.25, -0.2) is 14.5 Å². The maximum Gasteiger partial charge on any atom is 0.339 e. The Labute approximate surface area is 122 Å². The van der Waals surface area contributed by atoms with Gasteiger partial charge in [0.25, 0.3) is 5.91 Å². The van der Waals surface area contributed by atoms with Gasteiger partial charge in [0.2, 0.25) is 0 Å². The van der Waals surface area contributed by atoms with E-state index in [4.69, 9.17) is 4.74 Å². The summed E-state index contributed by atoms with van der Waals surface area (Å²) in [5.74, 6) is -0.699. The smallest absolute Gasteiger partial charge is 0.339 e. The van der Waals surface area contributed by atoms with E-state index in [0.29, 0.717) is 11.3 Å². The number of hydrogen-bond acceptors (Lipinski definition) is 5. The van der Waals surface area contributed by atoms with E-state index in [1.807, 2.05) is 0 Å². The van der Waals surface area contributed by atoms with E-state index in [2.05, 4.69) is 10.1 Å². The molecule has 2 rings (SSSR count). The number of ether oxygens (including phenoxy) is 1. The first-order valence-corrected chi connectivity index (χ1v) is 6.35. The predicted molar refractivity (Wildman–Crippen MR) is 75.9 cm³/mol. The van der Waals surface area contributed by atoms with Gasteiger partial charge in [0.15, 0.2) is 0 Å². The lowest BCUT2D eigenvalue weighted by atomic mass is 10.1. The summed E-state index contributed by atoms with van der Waals surface area (Å²) >= 11 is 0. The highest BCUT2D eigenvalue weighted by molar-refractivity contribution is 6.03. The van der Waals surface area contributed by atoms with Crippen LogP contribution in [0.1, 0.15) is 23.3 Å². The monoisotopic (exact) mass is 288 g/mol. The van der Waals surface area contributed by atoms with Crippen molar-refractivity contribution in [2.24, 2.45) is 0 Å².